The Balaban J connectivity index is 0.000000129. The van der Waals surface area contributed by atoms with E-state index in [-0.39, 0.29) is 91.5 Å². The number of imidazole rings is 5. The van der Waals surface area contributed by atoms with Crippen LogP contribution in [0.25, 0.3) is 61.5 Å². The number of thioether (sulfide) groups is 1. The quantitative estimate of drug-likeness (QED) is 0.0771. The molecular formula is C62H70F4N28O30P6S4. The van der Waals surface area contributed by atoms with Crippen LogP contribution in [0.2, 0.25) is 0 Å². The number of H-pyrrole nitrogens is 3. The summed E-state index contributed by atoms with van der Waals surface area (Å²) in [5, 5.41) is 21.3. The lowest BCUT2D eigenvalue weighted by atomic mass is 10.1. The van der Waals surface area contributed by atoms with Crippen molar-refractivity contribution in [3.05, 3.63) is 105 Å². The average Bonchev–Trinajstić information content (AvgIpc) is 1.61. The van der Waals surface area contributed by atoms with Crippen molar-refractivity contribution < 1.29 is 144 Å². The number of hydrogen-bond donors (Lipinski definition) is 16. The number of phosphoric ester groups is 3. The summed E-state index contributed by atoms with van der Waals surface area (Å²) in [7, 11) is -15.0. The summed E-state index contributed by atoms with van der Waals surface area (Å²) < 4.78 is 204. The molecule has 6 bridgehead atoms. The number of aliphatic hydroxyl groups excluding tert-OH is 1. The van der Waals surface area contributed by atoms with Crippen molar-refractivity contribution in [2.45, 2.75) is 146 Å². The van der Waals surface area contributed by atoms with E-state index in [1.54, 1.807) is 6.07 Å². The second-order valence-electron chi connectivity index (χ2n) is 30.4. The number of nitrogens with two attached hydrogens (primary N) is 6. The number of aromatic amines is 3. The number of nitrogen functional groups attached to an aromatic ring is 6. The van der Waals surface area contributed by atoms with Gasteiger partial charge in [-0.05, 0) is 53.6 Å². The third kappa shape index (κ3) is 18.3. The number of pyridine rings is 2. The lowest BCUT2D eigenvalue weighted by molar-refractivity contribution is -0.0630. The SMILES string of the molecule is Nc1nc2c(ncn2[C@@H]2O[C@@H]3COP(=O)(O)O[C@H]4[C@H](F)[C@H](n5cnc6c(N)ccnc65)O[C@@H]4COP(O)(=S)O[C@@H]2[C@@H]3F)c(=O)[nH]1.Nc1nc2c(ncn2[C@@H]2O[C@@H]3COP(=O)(O)O[C@H]4[C@H](F)[C@H](n5cnc6c(N)ccnc65)O[C@@H]4COP(O)(=S)O[C@@H]2[C@@H]3F)c(=O)[nH]1.Nc1nc2c(nnn2[C@@H]2S[C@@H]3COP(=O)(O)O[C@H]4C[C@H](c5cnc6c(N)ccnn56)O[C@@H]4COP(O)(=S)O[C@@H]2[C@@H]3O)c(=O)[nH]1. The van der Waals surface area contributed by atoms with Gasteiger partial charge in [-0.3, -0.25) is 88.3 Å². The molecule has 21 heterocycles. The van der Waals surface area contributed by atoms with Crippen LogP contribution in [0.4, 0.5) is 52.5 Å². The summed E-state index contributed by atoms with van der Waals surface area (Å²) in [6, 6.07) is 4.57. The number of aliphatic hydroxyl groups is 1. The molecule has 6 unspecified atom stereocenters. The maximum atomic E-state index is 15.9. The largest absolute Gasteiger partial charge is 0.472 e. The number of nitrogens with one attached hydrogen (secondary N) is 3. The molecule has 9 aliphatic rings. The molecule has 12 aromatic heterocycles. The molecule has 21 rings (SSSR count). The van der Waals surface area contributed by atoms with Crippen LogP contribution in [-0.4, -0.2) is 285 Å². The van der Waals surface area contributed by atoms with Gasteiger partial charge in [0.1, 0.15) is 89.7 Å². The summed E-state index contributed by atoms with van der Waals surface area (Å²) in [6.45, 7) is -17.1. The van der Waals surface area contributed by atoms with E-state index >= 15 is 17.6 Å². The van der Waals surface area contributed by atoms with Gasteiger partial charge in [0, 0.05) is 18.8 Å². The number of halogens is 4. The van der Waals surface area contributed by atoms with Crippen LogP contribution in [0, 0.1) is 0 Å². The average molecular weight is 2080 g/mol. The minimum atomic E-state index is -5.14. The Morgan fingerprint density at radius 3 is 1.34 bits per heavy atom. The molecule has 0 saturated carbocycles. The molecule has 72 heteroatoms. The highest BCUT2D eigenvalue weighted by Gasteiger charge is 2.59. The van der Waals surface area contributed by atoms with E-state index in [1.165, 1.54) is 67.9 Å². The highest BCUT2D eigenvalue weighted by atomic mass is 32.5. The van der Waals surface area contributed by atoms with Crippen molar-refractivity contribution in [1.29, 1.82) is 0 Å². The highest BCUT2D eigenvalue weighted by Crippen LogP contribution is 2.60. The van der Waals surface area contributed by atoms with Crippen molar-refractivity contribution >= 4 is 187 Å². The molecule has 9 aliphatic heterocycles. The molecular weight excluding hydrogens is 2010 g/mol. The zero-order valence-corrected chi connectivity index (χ0v) is 75.5. The standard InChI is InChI=1S/2C21H23F2N9O10P2S.C20H24N10O10P2S2/c2*22-10-8-3-37-43(34,35)41-14-9(40-19(11(14)23)31-5-27-12-7(24)1-2-26-16(12)31)4-38-44(36,45)42-15(10)20(39-8)32-6-28-13-17(32)29-21(25)30-18(13)33;21-7-1-2-24-29-8(4-23-16(7)29)9-3-10-11(38-9)5-37-42(35,43)40-15-14(31)12(6-36-41(33,34)39-10)44-19(15)30-17-13(27-28-30)18(32)26-20(22)25-17/h2*1-2,5-6,8-11,14-15,19-20H,3-4H2,(H2,24,26)(H,34,35)(H,36,45)(H3,25,29,30,33);1-2,4,9-12,14-15,19,31H,3,5-6,21H2,(H,33,34)(H,35,43)(H3,22,25,26,32)/t2*8-,9-,10-,11+,14-,15-,19-,20-,44?;9-,10+,11-,12-,14-,15-,19-,42?/m111/s1. The van der Waals surface area contributed by atoms with E-state index < -0.39 is 240 Å². The Bertz CT molecular complexity index is 6830. The first-order valence-electron chi connectivity index (χ1n) is 38.9. The van der Waals surface area contributed by atoms with Crippen LogP contribution in [0.15, 0.2) is 82.7 Å². The van der Waals surface area contributed by atoms with Crippen molar-refractivity contribution in [2.24, 2.45) is 0 Å². The van der Waals surface area contributed by atoms with Crippen LogP contribution in [0.3, 0.4) is 0 Å². The van der Waals surface area contributed by atoms with Crippen LogP contribution in [0.5, 0.6) is 0 Å². The first-order chi connectivity index (χ1) is 63.5. The van der Waals surface area contributed by atoms with Crippen LogP contribution >= 0.6 is 55.4 Å². The molecule has 12 aromatic rings. The molecule has 0 radical (unpaired) electrons. The van der Waals surface area contributed by atoms with Gasteiger partial charge in [0.05, 0.1) is 111 Å². The highest BCUT2D eigenvalue weighted by molar-refractivity contribution is 8.07. The first-order valence-corrected chi connectivity index (χ1v) is 52.1. The van der Waals surface area contributed by atoms with Crippen molar-refractivity contribution in [1.82, 2.24) is 108 Å². The maximum absolute atomic E-state index is 15.9. The summed E-state index contributed by atoms with van der Waals surface area (Å²) in [4.78, 5) is 149. The van der Waals surface area contributed by atoms with E-state index in [1.807, 2.05) is 0 Å². The minimum Gasteiger partial charge on any atom is -0.397 e. The lowest BCUT2D eigenvalue weighted by Gasteiger charge is -2.27. The van der Waals surface area contributed by atoms with Gasteiger partial charge in [-0.1, -0.05) is 5.21 Å². The Kier molecular flexibility index (Phi) is 25.3. The molecule has 0 aliphatic carbocycles. The number of rotatable bonds is 6. The number of phosphoric acid groups is 3. The second-order valence-corrected chi connectivity index (χ2v) is 44.4. The van der Waals surface area contributed by atoms with Gasteiger partial charge in [-0.15, -0.1) is 16.9 Å². The number of alkyl halides is 4. The van der Waals surface area contributed by atoms with E-state index in [0.717, 1.165) is 33.6 Å². The zero-order chi connectivity index (χ0) is 94.6. The minimum absolute atomic E-state index is 0.0348. The molecule has 0 amide bonds. The number of aromatic nitrogens is 22. The predicted octanol–water partition coefficient (Wildman–Crippen LogP) is 0.0298. The second kappa shape index (κ2) is 36.0. The topological polar surface area (TPSA) is 801 Å². The van der Waals surface area contributed by atoms with E-state index in [0.29, 0.717) is 17.0 Å². The van der Waals surface area contributed by atoms with Gasteiger partial charge in [-0.25, -0.2) is 75.3 Å². The number of ether oxygens (including phenoxy) is 5. The van der Waals surface area contributed by atoms with Gasteiger partial charge in [0.15, 0.2) is 100 Å². The predicted molar refractivity (Wildman–Crippen MR) is 455 cm³/mol. The monoisotopic (exact) mass is 2080 g/mol. The maximum Gasteiger partial charge on any atom is 0.472 e. The van der Waals surface area contributed by atoms with Crippen LogP contribution in [0.1, 0.15) is 48.5 Å². The lowest BCUT2D eigenvalue weighted by Crippen LogP contribution is -2.35. The van der Waals surface area contributed by atoms with E-state index in [4.69, 9.17) is 148 Å². The van der Waals surface area contributed by atoms with E-state index in [9.17, 15) is 62.5 Å². The smallest absolute Gasteiger partial charge is 0.397 e. The molecule has 0 aromatic carbocycles. The molecule has 0 spiro atoms. The molecule has 22 N–H and O–H groups in total. The Morgan fingerprint density at radius 2 is 0.843 bits per heavy atom. The number of fused-ring (bicyclic) bond motifs is 15. The van der Waals surface area contributed by atoms with Crippen molar-refractivity contribution in [3.8, 4) is 0 Å². The Morgan fingerprint density at radius 1 is 0.425 bits per heavy atom. The van der Waals surface area contributed by atoms with E-state index in [2.05, 4.69) is 80.2 Å². The molecule has 29 atom stereocenters. The molecule has 9 fully saturated rings. The zero-order valence-electron chi connectivity index (χ0n) is 66.9. The Labute approximate surface area is 759 Å². The molecule has 9 saturated heterocycles. The summed E-state index contributed by atoms with van der Waals surface area (Å²) >= 11 is 16.5. The number of anilines is 6. The van der Waals surface area contributed by atoms with Crippen molar-refractivity contribution in [2.75, 3.05) is 74.0 Å². The Hall–Kier alpha value is -8.61. The number of hydrogen-bond acceptors (Lipinski definition) is 47. The first kappa shape index (κ1) is 94.4. The third-order valence-corrected chi connectivity index (χ3v) is 31.1. The van der Waals surface area contributed by atoms with Gasteiger partial charge in [-0.2, -0.15) is 20.1 Å². The fourth-order valence-electron chi connectivity index (χ4n) is 15.9. The number of nitrogens with zero attached hydrogens (tertiary/aromatic N) is 19. The van der Waals surface area contributed by atoms with Gasteiger partial charge in [0.2, 0.25) is 17.8 Å². The van der Waals surface area contributed by atoms with Gasteiger partial charge >= 0.3 is 43.6 Å². The fraction of sp³-hybridized carbons (Fsp3) is 0.484. The molecule has 134 heavy (non-hydrogen) atoms. The molecule has 58 nitrogen and oxygen atoms in total. The van der Waals surface area contributed by atoms with Crippen molar-refractivity contribution in [3.63, 3.8) is 0 Å². The molecule has 720 valence electrons. The van der Waals surface area contributed by atoms with Gasteiger partial charge < -0.3 is 106 Å². The normalized spacial score (nSPS) is 37.3. The summed E-state index contributed by atoms with van der Waals surface area (Å²) in [5.41, 5.74) is 34.6. The fourth-order valence-corrected chi connectivity index (χ4v) is 24.6. The summed E-state index contributed by atoms with van der Waals surface area (Å²) in [5.74, 6) is -0.775. The van der Waals surface area contributed by atoms with Gasteiger partial charge in [0.25, 0.3) is 16.7 Å². The summed E-state index contributed by atoms with van der Waals surface area (Å²) in [6.07, 6.45) is -23.1. The van der Waals surface area contributed by atoms with Crippen LogP contribution in [-0.2, 0) is 127 Å². The van der Waals surface area contributed by atoms with Crippen LogP contribution < -0.4 is 51.1 Å². The third-order valence-electron chi connectivity index (χ3n) is 21.9.